The van der Waals surface area contributed by atoms with Crippen LogP contribution in [0, 0.1) is 19.8 Å². The Morgan fingerprint density at radius 3 is 2.33 bits per heavy atom. The molecule has 1 atom stereocenters. The van der Waals surface area contributed by atoms with E-state index in [2.05, 4.69) is 4.98 Å². The van der Waals surface area contributed by atoms with Crippen molar-refractivity contribution in [2.45, 2.75) is 33.7 Å². The second-order valence-corrected chi connectivity index (χ2v) is 6.49. The van der Waals surface area contributed by atoms with Crippen LogP contribution in [0.3, 0.4) is 0 Å². The van der Waals surface area contributed by atoms with Crippen LogP contribution < -0.4 is 0 Å². The molecule has 0 radical (unpaired) electrons. The van der Waals surface area contributed by atoms with Crippen molar-refractivity contribution in [1.29, 1.82) is 0 Å². The lowest BCUT2D eigenvalue weighted by atomic mass is 10.0. The number of fused-ring (bicyclic) bond motifs is 1. The average molecular weight is 323 g/mol. The van der Waals surface area contributed by atoms with E-state index in [9.17, 15) is 9.90 Å². The van der Waals surface area contributed by atoms with Crippen LogP contribution in [-0.2, 0) is 4.79 Å². The topological polar surface area (TPSA) is 68.0 Å². The van der Waals surface area contributed by atoms with Gasteiger partial charge in [0.15, 0.2) is 0 Å². The van der Waals surface area contributed by atoms with Crippen LogP contribution in [0.15, 0.2) is 36.7 Å². The highest BCUT2D eigenvalue weighted by molar-refractivity contribution is 5.85. The van der Waals surface area contributed by atoms with Crippen molar-refractivity contribution in [1.82, 2.24) is 14.5 Å². The largest absolute Gasteiger partial charge is 0.480 e. The smallest absolute Gasteiger partial charge is 0.327 e. The third-order valence-corrected chi connectivity index (χ3v) is 4.41. The van der Waals surface area contributed by atoms with Gasteiger partial charge in [0.2, 0.25) is 0 Å². The Bertz CT molecular complexity index is 898. The number of pyridine rings is 1. The van der Waals surface area contributed by atoms with Gasteiger partial charge in [-0.2, -0.15) is 0 Å². The van der Waals surface area contributed by atoms with Crippen LogP contribution in [0.1, 0.15) is 31.0 Å². The molecule has 3 aromatic rings. The monoisotopic (exact) mass is 323 g/mol. The summed E-state index contributed by atoms with van der Waals surface area (Å²) in [5.74, 6) is -0.251. The first-order chi connectivity index (χ1) is 11.4. The molecule has 5 nitrogen and oxygen atoms in total. The van der Waals surface area contributed by atoms with Crippen molar-refractivity contribution in [3.63, 3.8) is 0 Å². The molecule has 0 aliphatic heterocycles. The van der Waals surface area contributed by atoms with Crippen molar-refractivity contribution in [3.05, 3.63) is 47.8 Å². The molecule has 3 rings (SSSR count). The minimum absolute atomic E-state index is 0.0675. The molecule has 0 bridgehead atoms. The molecule has 0 saturated heterocycles. The predicted octanol–water partition coefficient (Wildman–Crippen LogP) is 4.00. The Labute approximate surface area is 141 Å². The number of benzene rings is 1. The number of carbonyl (C=O) groups is 1. The molecule has 2 aromatic heterocycles. The number of aryl methyl sites for hydroxylation is 2. The van der Waals surface area contributed by atoms with E-state index in [4.69, 9.17) is 4.98 Å². The molecule has 24 heavy (non-hydrogen) atoms. The van der Waals surface area contributed by atoms with Crippen LogP contribution in [0.4, 0.5) is 0 Å². The Hall–Kier alpha value is -2.69. The first kappa shape index (κ1) is 16.2. The summed E-state index contributed by atoms with van der Waals surface area (Å²) in [6.07, 6.45) is 3.39. The number of aromatic nitrogens is 3. The zero-order valence-electron chi connectivity index (χ0n) is 14.3. The van der Waals surface area contributed by atoms with E-state index in [1.807, 2.05) is 56.5 Å². The van der Waals surface area contributed by atoms with Crippen molar-refractivity contribution < 1.29 is 9.90 Å². The molecule has 0 spiro atoms. The summed E-state index contributed by atoms with van der Waals surface area (Å²) in [6, 6.07) is 7.08. The average Bonchev–Trinajstić information content (AvgIpc) is 2.87. The summed E-state index contributed by atoms with van der Waals surface area (Å²) in [7, 11) is 0. The maximum absolute atomic E-state index is 12.0. The normalized spacial score (nSPS) is 12.7. The van der Waals surface area contributed by atoms with Crippen LogP contribution in [-0.4, -0.2) is 25.6 Å². The molecule has 1 N–H and O–H groups in total. The van der Waals surface area contributed by atoms with Gasteiger partial charge in [0.25, 0.3) is 0 Å². The number of aliphatic carboxylic acids is 1. The molecule has 2 heterocycles. The Morgan fingerprint density at radius 1 is 1.12 bits per heavy atom. The maximum atomic E-state index is 12.0. The van der Waals surface area contributed by atoms with Gasteiger partial charge >= 0.3 is 5.97 Å². The lowest BCUT2D eigenvalue weighted by molar-refractivity contribution is -0.142. The summed E-state index contributed by atoms with van der Waals surface area (Å²) in [6.45, 7) is 7.91. The fourth-order valence-corrected chi connectivity index (χ4v) is 3.03. The van der Waals surface area contributed by atoms with Gasteiger partial charge in [0, 0.05) is 18.0 Å². The summed E-state index contributed by atoms with van der Waals surface area (Å²) >= 11 is 0. The van der Waals surface area contributed by atoms with Gasteiger partial charge in [-0.3, -0.25) is 4.98 Å². The number of rotatable bonds is 4. The third-order valence-electron chi connectivity index (χ3n) is 4.41. The van der Waals surface area contributed by atoms with Crippen molar-refractivity contribution in [2.24, 2.45) is 5.92 Å². The van der Waals surface area contributed by atoms with E-state index in [0.29, 0.717) is 5.82 Å². The van der Waals surface area contributed by atoms with Crippen LogP contribution in [0.5, 0.6) is 0 Å². The molecular weight excluding hydrogens is 302 g/mol. The molecule has 0 aliphatic carbocycles. The fourth-order valence-electron chi connectivity index (χ4n) is 3.03. The third kappa shape index (κ3) is 2.66. The van der Waals surface area contributed by atoms with E-state index in [1.54, 1.807) is 12.4 Å². The minimum atomic E-state index is -0.849. The number of hydrogen-bond donors (Lipinski definition) is 1. The van der Waals surface area contributed by atoms with E-state index in [1.165, 1.54) is 0 Å². The molecule has 0 amide bonds. The molecule has 124 valence electrons. The highest BCUT2D eigenvalue weighted by atomic mass is 16.4. The second-order valence-electron chi connectivity index (χ2n) is 6.49. The van der Waals surface area contributed by atoms with E-state index in [-0.39, 0.29) is 5.92 Å². The zero-order valence-corrected chi connectivity index (χ0v) is 14.3. The van der Waals surface area contributed by atoms with Gasteiger partial charge in [-0.1, -0.05) is 13.8 Å². The van der Waals surface area contributed by atoms with Crippen LogP contribution >= 0.6 is 0 Å². The summed E-state index contributed by atoms with van der Waals surface area (Å²) < 4.78 is 1.85. The summed E-state index contributed by atoms with van der Waals surface area (Å²) in [5, 5.41) is 9.81. The Morgan fingerprint density at radius 2 is 1.75 bits per heavy atom. The standard InChI is InChI=1S/C19H21N3O2/c1-11(2)17(19(23)24)22-16-10-13(4)12(3)9-15(16)21-18(22)14-5-7-20-8-6-14/h5-11,17H,1-4H3,(H,23,24). The van der Waals surface area contributed by atoms with Gasteiger partial charge in [-0.25, -0.2) is 9.78 Å². The Balaban J connectivity index is 2.38. The molecular formula is C19H21N3O2. The van der Waals surface area contributed by atoms with Gasteiger partial charge < -0.3 is 9.67 Å². The van der Waals surface area contributed by atoms with Crippen molar-refractivity contribution in [2.75, 3.05) is 0 Å². The number of nitrogens with zero attached hydrogens (tertiary/aromatic N) is 3. The van der Waals surface area contributed by atoms with Crippen molar-refractivity contribution in [3.8, 4) is 11.4 Å². The first-order valence-corrected chi connectivity index (χ1v) is 8.02. The zero-order chi connectivity index (χ0) is 17.4. The van der Waals surface area contributed by atoms with Crippen LogP contribution in [0.2, 0.25) is 0 Å². The Kier molecular flexibility index (Phi) is 4.09. The highest BCUT2D eigenvalue weighted by Crippen LogP contribution is 2.33. The van der Waals surface area contributed by atoms with E-state index in [0.717, 1.165) is 27.7 Å². The number of hydrogen-bond acceptors (Lipinski definition) is 3. The number of imidazole rings is 1. The summed E-state index contributed by atoms with van der Waals surface area (Å²) in [5.41, 5.74) is 4.80. The quantitative estimate of drug-likeness (QED) is 0.788. The van der Waals surface area contributed by atoms with Gasteiger partial charge in [0.05, 0.1) is 11.0 Å². The molecule has 0 saturated carbocycles. The van der Waals surface area contributed by atoms with Crippen LogP contribution in [0.25, 0.3) is 22.4 Å². The maximum Gasteiger partial charge on any atom is 0.327 e. The highest BCUT2D eigenvalue weighted by Gasteiger charge is 2.28. The van der Waals surface area contributed by atoms with Gasteiger partial charge in [0.1, 0.15) is 11.9 Å². The molecule has 0 fully saturated rings. The molecule has 1 aromatic carbocycles. The summed E-state index contributed by atoms with van der Waals surface area (Å²) in [4.78, 5) is 20.7. The number of carboxylic acids is 1. The lowest BCUT2D eigenvalue weighted by Crippen LogP contribution is -2.24. The molecule has 1 unspecified atom stereocenters. The minimum Gasteiger partial charge on any atom is -0.480 e. The van der Waals surface area contributed by atoms with Gasteiger partial charge in [-0.05, 0) is 55.2 Å². The van der Waals surface area contributed by atoms with Crippen molar-refractivity contribution >= 4 is 17.0 Å². The lowest BCUT2D eigenvalue weighted by Gasteiger charge is -2.21. The van der Waals surface area contributed by atoms with Gasteiger partial charge in [-0.15, -0.1) is 0 Å². The molecule has 0 aliphatic rings. The van der Waals surface area contributed by atoms with E-state index >= 15 is 0 Å². The molecule has 5 heteroatoms. The van der Waals surface area contributed by atoms with E-state index < -0.39 is 12.0 Å². The fraction of sp³-hybridized carbons (Fsp3) is 0.316. The predicted molar refractivity (Wildman–Crippen MR) is 93.9 cm³/mol. The second kappa shape index (κ2) is 6.07. The number of carboxylic acid groups (broad SMARTS) is 1. The SMILES string of the molecule is Cc1cc2nc(-c3ccncc3)n(C(C(=O)O)C(C)C)c2cc1C. The first-order valence-electron chi connectivity index (χ1n) is 8.02.